The average Bonchev–Trinajstić information content (AvgIpc) is 3.68. The van der Waals surface area contributed by atoms with Gasteiger partial charge in [0.15, 0.2) is 17.2 Å². The molecule has 0 bridgehead atoms. The molecule has 0 radical (unpaired) electrons. The van der Waals surface area contributed by atoms with Gasteiger partial charge in [-0.1, -0.05) is 6.07 Å². The number of aryl methyl sites for hydroxylation is 1. The average molecular weight is 851 g/mol. The zero-order chi connectivity index (χ0) is 43.5. The minimum atomic E-state index is -1.07. The molecule has 4 amide bonds. The van der Waals surface area contributed by atoms with Crippen LogP contribution in [-0.2, 0) is 32.5 Å². The number of amides is 4. The van der Waals surface area contributed by atoms with Gasteiger partial charge in [-0.2, -0.15) is 0 Å². The second-order valence-electron chi connectivity index (χ2n) is 14.8. The van der Waals surface area contributed by atoms with Crippen LogP contribution in [0.4, 0.5) is 21.6 Å². The molecule has 2 aliphatic rings. The first-order valence-corrected chi connectivity index (χ1v) is 19.9. The van der Waals surface area contributed by atoms with Crippen LogP contribution in [0.25, 0.3) is 22.5 Å². The number of halogens is 1. The van der Waals surface area contributed by atoms with Gasteiger partial charge in [-0.3, -0.25) is 43.0 Å². The van der Waals surface area contributed by atoms with Crippen molar-refractivity contribution < 1.29 is 33.0 Å². The van der Waals surface area contributed by atoms with Crippen molar-refractivity contribution in [2.75, 3.05) is 50.7 Å². The second kappa shape index (κ2) is 17.8. The predicted octanol–water partition coefficient (Wildman–Crippen LogP) is 1.54. The number of nitrogens with one attached hydrogen (secondary N) is 5. The van der Waals surface area contributed by atoms with Gasteiger partial charge in [-0.15, -0.1) is 5.10 Å². The predicted molar refractivity (Wildman–Crippen MR) is 223 cm³/mol. The summed E-state index contributed by atoms with van der Waals surface area (Å²) in [7, 11) is 3.33. The number of anilines is 3. The third-order valence-corrected chi connectivity index (χ3v) is 10.6. The van der Waals surface area contributed by atoms with Gasteiger partial charge in [0.2, 0.25) is 11.8 Å². The molecule has 1 saturated carbocycles. The summed E-state index contributed by atoms with van der Waals surface area (Å²) >= 11 is 0. The van der Waals surface area contributed by atoms with Crippen molar-refractivity contribution in [3.8, 4) is 5.82 Å². The molecule has 6 aromatic rings. The van der Waals surface area contributed by atoms with Crippen LogP contribution in [0, 0.1) is 0 Å². The fraction of sp³-hybridized carbons (Fsp3) is 0.341. The van der Waals surface area contributed by atoms with E-state index in [-0.39, 0.29) is 78.5 Å². The fourth-order valence-electron chi connectivity index (χ4n) is 7.14. The van der Waals surface area contributed by atoms with Gasteiger partial charge in [0.1, 0.15) is 23.7 Å². The number of alkyl halides is 1. The van der Waals surface area contributed by atoms with Gasteiger partial charge < -0.3 is 30.7 Å². The van der Waals surface area contributed by atoms with E-state index < -0.39 is 35.6 Å². The number of nitrogens with zero attached hydrogens (tertiary/aromatic N) is 7. The molecule has 8 rings (SSSR count). The Bertz CT molecular complexity index is 2820. The number of piperidine rings is 1. The van der Waals surface area contributed by atoms with E-state index in [4.69, 9.17) is 9.47 Å². The van der Waals surface area contributed by atoms with Crippen LogP contribution < -0.4 is 37.8 Å². The Balaban J connectivity index is 0.782. The lowest BCUT2D eigenvalue weighted by atomic mass is 10.1. The Morgan fingerprint density at radius 2 is 1.74 bits per heavy atom. The molecule has 5 N–H and O–H groups in total. The quantitative estimate of drug-likeness (QED) is 0.0648. The van der Waals surface area contributed by atoms with Crippen molar-refractivity contribution in [1.82, 2.24) is 49.2 Å². The summed E-state index contributed by atoms with van der Waals surface area (Å²) in [4.78, 5) is 84.8. The molecular weight excluding hydrogens is 808 g/mol. The van der Waals surface area contributed by atoms with Gasteiger partial charge in [0.25, 0.3) is 17.4 Å². The fourth-order valence-corrected chi connectivity index (χ4v) is 7.14. The molecule has 1 aliphatic heterocycles. The molecule has 6 heterocycles. The maximum atomic E-state index is 13.5. The third-order valence-electron chi connectivity index (χ3n) is 10.6. The summed E-state index contributed by atoms with van der Waals surface area (Å²) in [6.07, 6.45) is 4.47. The molecule has 62 heavy (non-hydrogen) atoms. The van der Waals surface area contributed by atoms with E-state index in [2.05, 4.69) is 41.7 Å². The molecule has 1 aromatic carbocycles. The van der Waals surface area contributed by atoms with E-state index in [1.165, 1.54) is 36.8 Å². The molecule has 322 valence electrons. The normalized spacial score (nSPS) is 17.2. The smallest absolute Gasteiger partial charge is 0.329 e. The number of benzene rings is 1. The molecule has 1 aliphatic carbocycles. The Kier molecular flexibility index (Phi) is 11.9. The van der Waals surface area contributed by atoms with Crippen LogP contribution in [0.5, 0.6) is 0 Å². The van der Waals surface area contributed by atoms with Crippen molar-refractivity contribution in [3.63, 3.8) is 0 Å². The summed E-state index contributed by atoms with van der Waals surface area (Å²) in [6.45, 7) is 1.54. The highest BCUT2D eigenvalue weighted by Gasteiger charge is 2.39. The van der Waals surface area contributed by atoms with E-state index >= 15 is 0 Å². The number of fused-ring (bicyclic) bond motifs is 2. The number of carbonyl (C=O) groups is 4. The second-order valence-corrected chi connectivity index (χ2v) is 14.8. The number of pyridine rings is 2. The standard InChI is InChI=1S/C41H43FN12O8/c1-43-28-20-33(50-54-32(22-46-36(28)54)39(58)48-27-19-25(27)42)47-26-4-3-13-52(40(26)59)34-9-6-24(21-45-34)37(56)44-12-15-62-17-16-61-14-11-23-5-7-29-31(18-23)51(2)41(60)53(29)30-8-10-35(55)49-38(30)57/h3-7,9,13,18,20-22,25,27,30,43H,8,10-12,14-17,19H2,1-2H3,(H,44,56)(H,47,50)(H,48,58)(H,49,55,57)/t25-,27+,30?/m0/s1. The van der Waals surface area contributed by atoms with Crippen LogP contribution in [0.3, 0.4) is 0 Å². The van der Waals surface area contributed by atoms with Crippen LogP contribution in [0.15, 0.2) is 76.7 Å². The lowest BCUT2D eigenvalue weighted by Gasteiger charge is -2.21. The zero-order valence-electron chi connectivity index (χ0n) is 33.7. The largest absolute Gasteiger partial charge is 0.385 e. The Labute approximate surface area is 351 Å². The summed E-state index contributed by atoms with van der Waals surface area (Å²) < 4.78 is 30.3. The highest BCUT2D eigenvalue weighted by Crippen LogP contribution is 2.27. The van der Waals surface area contributed by atoms with Crippen LogP contribution in [-0.4, -0.2) is 109 Å². The molecule has 21 heteroatoms. The lowest BCUT2D eigenvalue weighted by Crippen LogP contribution is -2.44. The molecule has 5 aromatic heterocycles. The molecule has 2 fully saturated rings. The number of imide groups is 1. The Morgan fingerprint density at radius 3 is 2.48 bits per heavy atom. The molecule has 1 saturated heterocycles. The van der Waals surface area contributed by atoms with Crippen LogP contribution in [0.1, 0.15) is 51.7 Å². The lowest BCUT2D eigenvalue weighted by molar-refractivity contribution is -0.135. The van der Waals surface area contributed by atoms with E-state index in [9.17, 15) is 33.2 Å². The van der Waals surface area contributed by atoms with Crippen molar-refractivity contribution in [1.29, 1.82) is 0 Å². The van der Waals surface area contributed by atoms with Crippen LogP contribution in [0.2, 0.25) is 0 Å². The van der Waals surface area contributed by atoms with Gasteiger partial charge in [-0.05, 0) is 54.8 Å². The molecule has 0 spiro atoms. The van der Waals surface area contributed by atoms with E-state index in [0.29, 0.717) is 48.6 Å². The minimum Gasteiger partial charge on any atom is -0.385 e. The van der Waals surface area contributed by atoms with Gasteiger partial charge in [0, 0.05) is 51.9 Å². The summed E-state index contributed by atoms with van der Waals surface area (Å²) in [5, 5.41) is 18.2. The first-order valence-electron chi connectivity index (χ1n) is 19.9. The number of hydrogen-bond acceptors (Lipinski definition) is 13. The number of carbonyl (C=O) groups excluding carboxylic acids is 4. The number of hydrogen-bond donors (Lipinski definition) is 5. The zero-order valence-corrected chi connectivity index (χ0v) is 33.7. The maximum Gasteiger partial charge on any atom is 0.329 e. The number of rotatable bonds is 17. The summed E-state index contributed by atoms with van der Waals surface area (Å²) in [5.41, 5.74) is 2.92. The van der Waals surface area contributed by atoms with Gasteiger partial charge in [0.05, 0.1) is 61.0 Å². The summed E-state index contributed by atoms with van der Waals surface area (Å²) in [5.74, 6) is -1.20. The molecular formula is C41H43FN12O8. The highest BCUT2D eigenvalue weighted by molar-refractivity contribution is 6.00. The van der Waals surface area contributed by atoms with E-state index in [1.54, 1.807) is 44.4 Å². The molecule has 20 nitrogen and oxygen atoms in total. The first kappa shape index (κ1) is 41.5. The third kappa shape index (κ3) is 8.65. The number of imidazole rings is 2. The first-order chi connectivity index (χ1) is 30.0. The Hall–Kier alpha value is -7.26. The van der Waals surface area contributed by atoms with Crippen molar-refractivity contribution in [3.05, 3.63) is 105 Å². The van der Waals surface area contributed by atoms with Crippen molar-refractivity contribution in [2.45, 2.75) is 43.9 Å². The minimum absolute atomic E-state index is 0.107. The topological polar surface area (TPSA) is 239 Å². The van der Waals surface area contributed by atoms with Crippen molar-refractivity contribution in [2.24, 2.45) is 7.05 Å². The SMILES string of the molecule is CNc1cc(Nc2cccn(-c3ccc(C(=O)NCCOCCOCCc4ccc5c(c4)n(C)c(=O)n5C4CCC(=O)NC4=O)cn3)c2=O)nn2c(C(=O)N[C@@H]3C[C@@H]3F)cnc12. The molecule has 3 atom stereocenters. The van der Waals surface area contributed by atoms with E-state index in [1.807, 2.05) is 18.2 Å². The van der Waals surface area contributed by atoms with E-state index in [0.717, 1.165) is 5.56 Å². The number of aromatic nitrogens is 7. The van der Waals surface area contributed by atoms with Gasteiger partial charge in [-0.25, -0.2) is 23.7 Å². The van der Waals surface area contributed by atoms with Crippen molar-refractivity contribution >= 4 is 57.5 Å². The highest BCUT2D eigenvalue weighted by atomic mass is 19.1. The van der Waals surface area contributed by atoms with Gasteiger partial charge >= 0.3 is 5.69 Å². The monoisotopic (exact) mass is 850 g/mol. The van der Waals surface area contributed by atoms with Crippen LogP contribution >= 0.6 is 0 Å². The molecule has 1 unspecified atom stereocenters. The maximum absolute atomic E-state index is 13.5. The summed E-state index contributed by atoms with van der Waals surface area (Å²) in [6, 6.07) is 12.3. The Morgan fingerprint density at radius 1 is 0.935 bits per heavy atom. The number of ether oxygens (including phenoxy) is 2.